The lowest BCUT2D eigenvalue weighted by Gasteiger charge is -2.24. The zero-order valence-electron chi connectivity index (χ0n) is 9.70. The van der Waals surface area contributed by atoms with Crippen LogP contribution < -0.4 is 16.8 Å². The molecule has 1 rings (SSSR count). The Morgan fingerprint density at radius 3 is 2.13 bits per heavy atom. The maximum Gasteiger partial charge on any atom is 0.145 e. The van der Waals surface area contributed by atoms with Crippen molar-refractivity contribution in [3.05, 3.63) is 23.3 Å². The largest absolute Gasteiger partial charge is 0.505 e. The molecule has 0 saturated carbocycles. The molecule has 0 fully saturated rings. The van der Waals surface area contributed by atoms with Crippen LogP contribution in [0.5, 0.6) is 5.75 Å². The molecule has 0 aliphatic carbocycles. The van der Waals surface area contributed by atoms with E-state index in [4.69, 9.17) is 11.7 Å². The highest BCUT2D eigenvalue weighted by molar-refractivity contribution is 5.62. The van der Waals surface area contributed by atoms with Gasteiger partial charge in [0.1, 0.15) is 11.4 Å². The smallest absolute Gasteiger partial charge is 0.145 e. The van der Waals surface area contributed by atoms with E-state index in [1.54, 1.807) is 6.07 Å². The van der Waals surface area contributed by atoms with Crippen LogP contribution in [0.3, 0.4) is 0 Å². The Bertz CT molecular complexity index is 367. The molecule has 0 amide bonds. The highest BCUT2D eigenvalue weighted by Gasteiger charge is 2.21. The number of nitrogens with zero attached hydrogens (tertiary/aromatic N) is 1. The molecule has 15 heavy (non-hydrogen) atoms. The molecule has 0 atom stereocenters. The molecule has 84 valence electrons. The highest BCUT2D eigenvalue weighted by atomic mass is 16.3. The fraction of sp³-hybridized carbons (Fsp3) is 0.455. The van der Waals surface area contributed by atoms with Crippen LogP contribution in [-0.2, 0) is 5.41 Å². The molecule has 5 N–H and O–H groups in total. The Morgan fingerprint density at radius 1 is 1.20 bits per heavy atom. The van der Waals surface area contributed by atoms with Gasteiger partial charge in [0.15, 0.2) is 0 Å². The molecule has 0 heterocycles. The number of nitrogens with two attached hydrogens (primary N) is 2. The summed E-state index contributed by atoms with van der Waals surface area (Å²) in [6.45, 7) is 8.04. The summed E-state index contributed by atoms with van der Waals surface area (Å²) in [6.07, 6.45) is 0. The summed E-state index contributed by atoms with van der Waals surface area (Å²) in [7, 11) is 0. The van der Waals surface area contributed by atoms with Gasteiger partial charge in [0, 0.05) is 5.56 Å². The topological polar surface area (TPSA) is 75.5 Å². The number of hydrogen-bond donors (Lipinski definition) is 3. The van der Waals surface area contributed by atoms with Gasteiger partial charge in [0.25, 0.3) is 0 Å². The second-order valence-electron chi connectivity index (χ2n) is 4.84. The summed E-state index contributed by atoms with van der Waals surface area (Å²) in [5.41, 5.74) is 2.17. The van der Waals surface area contributed by atoms with Gasteiger partial charge in [0.2, 0.25) is 0 Å². The van der Waals surface area contributed by atoms with Crippen molar-refractivity contribution in [3.63, 3.8) is 0 Å². The lowest BCUT2D eigenvalue weighted by Crippen LogP contribution is -2.38. The summed E-state index contributed by atoms with van der Waals surface area (Å²) in [5, 5.41) is 11.0. The van der Waals surface area contributed by atoms with Crippen LogP contribution >= 0.6 is 0 Å². The number of hydrazine groups is 2. The standard InChI is InChI=1S/C11H19N3O/c1-7-5-8(11(2,3)4)10(15)9(6-7)14(12)13/h5-6,15H,12-13H2,1-4H3. The molecule has 4 heteroatoms. The van der Waals surface area contributed by atoms with Crippen molar-refractivity contribution in [2.24, 2.45) is 11.7 Å². The molecule has 0 aliphatic heterocycles. The van der Waals surface area contributed by atoms with Gasteiger partial charge in [-0.15, -0.1) is 0 Å². The minimum Gasteiger partial charge on any atom is -0.505 e. The molecule has 1 aromatic rings. The normalized spacial score (nSPS) is 11.6. The number of benzene rings is 1. The summed E-state index contributed by atoms with van der Waals surface area (Å²) in [6, 6.07) is 3.70. The highest BCUT2D eigenvalue weighted by Crippen LogP contribution is 2.37. The zero-order valence-corrected chi connectivity index (χ0v) is 9.70. The molecule has 0 aromatic heterocycles. The van der Waals surface area contributed by atoms with E-state index in [0.717, 1.165) is 16.2 Å². The molecule has 0 bridgehead atoms. The number of aryl methyl sites for hydroxylation is 1. The second-order valence-corrected chi connectivity index (χ2v) is 4.84. The summed E-state index contributed by atoms with van der Waals surface area (Å²) >= 11 is 0. The average Bonchev–Trinajstić information content (AvgIpc) is 2.06. The van der Waals surface area contributed by atoms with Crippen LogP contribution in [0.15, 0.2) is 12.1 Å². The summed E-state index contributed by atoms with van der Waals surface area (Å²) in [4.78, 5) is 0. The van der Waals surface area contributed by atoms with E-state index in [1.165, 1.54) is 0 Å². The molecular formula is C11H19N3O. The Balaban J connectivity index is 3.42. The Hall–Kier alpha value is -1.26. The molecule has 4 nitrogen and oxygen atoms in total. The van der Waals surface area contributed by atoms with E-state index >= 15 is 0 Å². The van der Waals surface area contributed by atoms with Crippen LogP contribution in [0.1, 0.15) is 31.9 Å². The van der Waals surface area contributed by atoms with Gasteiger partial charge >= 0.3 is 0 Å². The minimum atomic E-state index is -0.138. The first-order valence-corrected chi connectivity index (χ1v) is 4.87. The van der Waals surface area contributed by atoms with E-state index in [-0.39, 0.29) is 11.2 Å². The predicted octanol–water partition coefficient (Wildman–Crippen LogP) is 1.55. The average molecular weight is 209 g/mol. The van der Waals surface area contributed by atoms with Crippen molar-refractivity contribution in [1.29, 1.82) is 0 Å². The van der Waals surface area contributed by atoms with Crippen LogP contribution in [-0.4, -0.2) is 5.11 Å². The number of phenols is 1. The fourth-order valence-corrected chi connectivity index (χ4v) is 1.53. The molecule has 1 aromatic carbocycles. The monoisotopic (exact) mass is 209 g/mol. The van der Waals surface area contributed by atoms with Crippen LogP contribution in [0.25, 0.3) is 0 Å². The first kappa shape index (κ1) is 11.8. The van der Waals surface area contributed by atoms with Crippen molar-refractivity contribution in [1.82, 2.24) is 0 Å². The number of anilines is 1. The number of aromatic hydroxyl groups is 1. The molecule has 0 spiro atoms. The van der Waals surface area contributed by atoms with Gasteiger partial charge in [-0.05, 0) is 24.0 Å². The SMILES string of the molecule is Cc1cc(N(N)N)c(O)c(C(C)(C)C)c1. The van der Waals surface area contributed by atoms with E-state index in [0.29, 0.717) is 5.69 Å². The maximum absolute atomic E-state index is 10.0. The molecule has 0 aliphatic rings. The van der Waals surface area contributed by atoms with Crippen molar-refractivity contribution >= 4 is 5.69 Å². The minimum absolute atomic E-state index is 0.138. The van der Waals surface area contributed by atoms with E-state index in [1.807, 2.05) is 33.8 Å². The van der Waals surface area contributed by atoms with E-state index < -0.39 is 0 Å². The Morgan fingerprint density at radius 2 is 1.73 bits per heavy atom. The third kappa shape index (κ3) is 2.40. The second kappa shape index (κ2) is 3.72. The number of phenolic OH excluding ortho intramolecular Hbond substituents is 1. The van der Waals surface area contributed by atoms with Crippen molar-refractivity contribution in [2.75, 3.05) is 5.12 Å². The van der Waals surface area contributed by atoms with Crippen molar-refractivity contribution < 1.29 is 5.11 Å². The Kier molecular flexibility index (Phi) is 2.93. The van der Waals surface area contributed by atoms with Gasteiger partial charge < -0.3 is 5.11 Å². The van der Waals surface area contributed by atoms with Crippen molar-refractivity contribution in [2.45, 2.75) is 33.1 Å². The first-order valence-electron chi connectivity index (χ1n) is 4.87. The third-order valence-corrected chi connectivity index (χ3v) is 2.32. The van der Waals surface area contributed by atoms with Crippen LogP contribution in [0.4, 0.5) is 5.69 Å². The van der Waals surface area contributed by atoms with Gasteiger partial charge in [0.05, 0.1) is 0 Å². The van der Waals surface area contributed by atoms with E-state index in [2.05, 4.69) is 0 Å². The fourth-order valence-electron chi connectivity index (χ4n) is 1.53. The summed E-state index contributed by atoms with van der Waals surface area (Å²) < 4.78 is 0. The lowest BCUT2D eigenvalue weighted by atomic mass is 9.85. The Labute approximate surface area is 90.4 Å². The quantitative estimate of drug-likeness (QED) is 0.484. The van der Waals surface area contributed by atoms with Crippen LogP contribution in [0.2, 0.25) is 0 Å². The van der Waals surface area contributed by atoms with Gasteiger partial charge in [-0.3, -0.25) is 0 Å². The van der Waals surface area contributed by atoms with Gasteiger partial charge in [-0.2, -0.15) is 0 Å². The predicted molar refractivity (Wildman–Crippen MR) is 62.4 cm³/mol. The molecule has 0 radical (unpaired) electrons. The zero-order chi connectivity index (χ0) is 11.8. The lowest BCUT2D eigenvalue weighted by molar-refractivity contribution is 0.446. The number of hydrogen-bond acceptors (Lipinski definition) is 4. The van der Waals surface area contributed by atoms with Gasteiger partial charge in [-0.25, -0.2) is 16.8 Å². The number of rotatable bonds is 1. The maximum atomic E-state index is 10.0. The van der Waals surface area contributed by atoms with E-state index in [9.17, 15) is 5.11 Å². The molecule has 0 saturated heterocycles. The van der Waals surface area contributed by atoms with Crippen LogP contribution in [0, 0.1) is 6.92 Å². The third-order valence-electron chi connectivity index (χ3n) is 2.32. The summed E-state index contributed by atoms with van der Waals surface area (Å²) in [5.74, 6) is 11.0. The molecular weight excluding hydrogens is 190 g/mol. The first-order chi connectivity index (χ1) is 6.73. The van der Waals surface area contributed by atoms with Crippen molar-refractivity contribution in [3.8, 4) is 5.75 Å². The van der Waals surface area contributed by atoms with Gasteiger partial charge in [-0.1, -0.05) is 26.8 Å². The molecule has 0 unspecified atom stereocenters.